The minimum absolute atomic E-state index is 0.474. The smallest absolute Gasteiger partial charge is 0.206 e. The third kappa shape index (κ3) is 3.42. The van der Waals surface area contributed by atoms with Crippen molar-refractivity contribution in [2.75, 3.05) is 6.54 Å². The van der Waals surface area contributed by atoms with Crippen molar-refractivity contribution in [1.82, 2.24) is 4.68 Å². The van der Waals surface area contributed by atoms with E-state index in [1.165, 1.54) is 11.3 Å². The van der Waals surface area contributed by atoms with Crippen LogP contribution < -0.4 is 4.80 Å². The number of thiazole rings is 1. The molecule has 23 heavy (non-hydrogen) atoms. The molecule has 0 aliphatic carbocycles. The van der Waals surface area contributed by atoms with Crippen LogP contribution in [0.3, 0.4) is 0 Å². The van der Waals surface area contributed by atoms with Crippen LogP contribution in [-0.2, 0) is 0 Å². The molecule has 0 aliphatic rings. The van der Waals surface area contributed by atoms with Gasteiger partial charge in [-0.1, -0.05) is 35.3 Å². The molecule has 0 fully saturated rings. The minimum Gasteiger partial charge on any atom is -0.463 e. The maximum atomic E-state index is 6.20. The molecule has 0 bridgehead atoms. The average molecular weight is 366 g/mol. The number of rotatable bonds is 4. The van der Waals surface area contributed by atoms with Crippen LogP contribution in [0.25, 0.3) is 11.5 Å². The highest BCUT2D eigenvalue weighted by atomic mass is 35.5. The fraction of sp³-hybridized carbons (Fsp3) is 0.125. The summed E-state index contributed by atoms with van der Waals surface area (Å²) in [5.74, 6) is 0.730. The standard InChI is InChI=1S/C16H13Cl2N3OS/c1-2-19-16-21(13(10-23-16)14-7-4-8-22-14)20-9-11-5-3-6-12(17)15(11)18/h3-10H,2H2,1H3. The van der Waals surface area contributed by atoms with Gasteiger partial charge in [0.25, 0.3) is 0 Å². The monoisotopic (exact) mass is 365 g/mol. The van der Waals surface area contributed by atoms with Gasteiger partial charge in [-0.05, 0) is 25.1 Å². The van der Waals surface area contributed by atoms with Gasteiger partial charge in [0.05, 0.1) is 22.5 Å². The first-order valence-electron chi connectivity index (χ1n) is 6.94. The van der Waals surface area contributed by atoms with Gasteiger partial charge in [0.15, 0.2) is 5.76 Å². The van der Waals surface area contributed by atoms with Crippen molar-refractivity contribution in [3.63, 3.8) is 0 Å². The van der Waals surface area contributed by atoms with Crippen LogP contribution in [0.15, 0.2) is 56.5 Å². The lowest BCUT2D eigenvalue weighted by atomic mass is 10.2. The van der Waals surface area contributed by atoms with Crippen LogP contribution in [0.5, 0.6) is 0 Å². The molecule has 0 amide bonds. The van der Waals surface area contributed by atoms with Crippen molar-refractivity contribution in [3.8, 4) is 11.5 Å². The molecular formula is C16H13Cl2N3OS. The van der Waals surface area contributed by atoms with Crippen LogP contribution >= 0.6 is 34.5 Å². The summed E-state index contributed by atoms with van der Waals surface area (Å²) in [7, 11) is 0. The predicted molar refractivity (Wildman–Crippen MR) is 95.6 cm³/mol. The second-order valence-electron chi connectivity index (χ2n) is 4.55. The second-order valence-corrected chi connectivity index (χ2v) is 6.18. The van der Waals surface area contributed by atoms with Gasteiger partial charge in [-0.25, -0.2) is 4.68 Å². The third-order valence-electron chi connectivity index (χ3n) is 3.05. The Hall–Kier alpha value is -1.82. The van der Waals surface area contributed by atoms with Crippen molar-refractivity contribution in [2.45, 2.75) is 6.92 Å². The highest BCUT2D eigenvalue weighted by Crippen LogP contribution is 2.25. The molecule has 3 rings (SSSR count). The van der Waals surface area contributed by atoms with E-state index in [-0.39, 0.29) is 0 Å². The van der Waals surface area contributed by atoms with E-state index in [9.17, 15) is 0 Å². The van der Waals surface area contributed by atoms with E-state index in [0.29, 0.717) is 16.6 Å². The number of benzene rings is 1. The van der Waals surface area contributed by atoms with Gasteiger partial charge in [-0.2, -0.15) is 5.10 Å². The van der Waals surface area contributed by atoms with Crippen molar-refractivity contribution in [2.24, 2.45) is 10.1 Å². The Morgan fingerprint density at radius 2 is 2.13 bits per heavy atom. The quantitative estimate of drug-likeness (QED) is 0.605. The summed E-state index contributed by atoms with van der Waals surface area (Å²) in [6.45, 7) is 2.65. The van der Waals surface area contributed by atoms with Gasteiger partial charge in [-0.15, -0.1) is 11.3 Å². The van der Waals surface area contributed by atoms with E-state index >= 15 is 0 Å². The summed E-state index contributed by atoms with van der Waals surface area (Å²) < 4.78 is 7.21. The summed E-state index contributed by atoms with van der Waals surface area (Å²) >= 11 is 13.7. The molecule has 3 aromatic rings. The molecule has 2 heterocycles. The van der Waals surface area contributed by atoms with Crippen molar-refractivity contribution >= 4 is 40.8 Å². The van der Waals surface area contributed by atoms with Crippen LogP contribution in [0.2, 0.25) is 10.0 Å². The molecule has 0 spiro atoms. The van der Waals surface area contributed by atoms with Crippen LogP contribution in [0.1, 0.15) is 12.5 Å². The predicted octanol–water partition coefficient (Wildman–Crippen LogP) is 4.92. The zero-order valence-corrected chi connectivity index (χ0v) is 14.6. The first kappa shape index (κ1) is 16.1. The maximum Gasteiger partial charge on any atom is 0.206 e. The largest absolute Gasteiger partial charge is 0.463 e. The summed E-state index contributed by atoms with van der Waals surface area (Å²) in [5, 5.41) is 7.45. The average Bonchev–Trinajstić information content (AvgIpc) is 3.19. The molecule has 0 atom stereocenters. The van der Waals surface area contributed by atoms with Crippen molar-refractivity contribution in [3.05, 3.63) is 62.4 Å². The molecule has 1 aromatic carbocycles. The van der Waals surface area contributed by atoms with Gasteiger partial charge in [-0.3, -0.25) is 4.99 Å². The Labute approximate surface area is 147 Å². The molecule has 0 saturated carbocycles. The van der Waals surface area contributed by atoms with E-state index in [1.54, 1.807) is 23.2 Å². The van der Waals surface area contributed by atoms with E-state index < -0.39 is 0 Å². The van der Waals surface area contributed by atoms with E-state index in [0.717, 1.165) is 21.8 Å². The normalized spacial score (nSPS) is 12.4. The molecule has 4 nitrogen and oxygen atoms in total. The first-order valence-corrected chi connectivity index (χ1v) is 8.57. The SMILES string of the molecule is CCN=c1scc(-c2ccco2)n1N=Cc1cccc(Cl)c1Cl. The second kappa shape index (κ2) is 7.17. The van der Waals surface area contributed by atoms with Gasteiger partial charge >= 0.3 is 0 Å². The number of nitrogens with zero attached hydrogens (tertiary/aromatic N) is 3. The van der Waals surface area contributed by atoms with E-state index in [1.807, 2.05) is 36.6 Å². The first-order chi connectivity index (χ1) is 11.2. The fourth-order valence-electron chi connectivity index (χ4n) is 1.99. The Morgan fingerprint density at radius 3 is 2.87 bits per heavy atom. The molecule has 0 saturated heterocycles. The Balaban J connectivity index is 2.08. The molecule has 0 radical (unpaired) electrons. The molecular weight excluding hydrogens is 353 g/mol. The zero-order valence-electron chi connectivity index (χ0n) is 12.2. The lowest BCUT2D eigenvalue weighted by molar-refractivity contribution is 0.575. The van der Waals surface area contributed by atoms with Crippen molar-refractivity contribution in [1.29, 1.82) is 0 Å². The van der Waals surface area contributed by atoms with Gasteiger partial charge in [0.1, 0.15) is 5.69 Å². The van der Waals surface area contributed by atoms with Crippen LogP contribution in [0.4, 0.5) is 0 Å². The van der Waals surface area contributed by atoms with E-state index in [4.69, 9.17) is 27.6 Å². The number of furan rings is 1. The number of hydrogen-bond acceptors (Lipinski definition) is 4. The van der Waals surface area contributed by atoms with Gasteiger partial charge < -0.3 is 4.42 Å². The van der Waals surface area contributed by atoms with Crippen LogP contribution in [-0.4, -0.2) is 17.4 Å². The van der Waals surface area contributed by atoms with Crippen molar-refractivity contribution < 1.29 is 4.42 Å². The summed E-state index contributed by atoms with van der Waals surface area (Å²) in [6, 6.07) is 9.15. The molecule has 7 heteroatoms. The molecule has 0 unspecified atom stereocenters. The highest BCUT2D eigenvalue weighted by molar-refractivity contribution is 7.07. The Kier molecular flexibility index (Phi) is 5.00. The summed E-state index contributed by atoms with van der Waals surface area (Å²) in [6.07, 6.45) is 3.30. The Bertz CT molecular complexity index is 894. The lowest BCUT2D eigenvalue weighted by Crippen LogP contribution is -2.12. The van der Waals surface area contributed by atoms with Gasteiger partial charge in [0, 0.05) is 17.5 Å². The van der Waals surface area contributed by atoms with E-state index in [2.05, 4.69) is 10.1 Å². The third-order valence-corrected chi connectivity index (χ3v) is 4.73. The number of hydrogen-bond donors (Lipinski definition) is 0. The lowest BCUT2D eigenvalue weighted by Gasteiger charge is -2.02. The topological polar surface area (TPSA) is 42.8 Å². The fourth-order valence-corrected chi connectivity index (χ4v) is 3.23. The molecule has 118 valence electrons. The highest BCUT2D eigenvalue weighted by Gasteiger charge is 2.10. The van der Waals surface area contributed by atoms with Crippen LogP contribution in [0, 0.1) is 0 Å². The molecule has 2 aromatic heterocycles. The minimum atomic E-state index is 0.474. The zero-order chi connectivity index (χ0) is 16.2. The summed E-state index contributed by atoms with van der Waals surface area (Å²) in [5.41, 5.74) is 1.58. The molecule has 0 aliphatic heterocycles. The summed E-state index contributed by atoms with van der Waals surface area (Å²) in [4.78, 5) is 5.24. The van der Waals surface area contributed by atoms with Gasteiger partial charge in [0.2, 0.25) is 4.80 Å². The number of halogens is 2. The Morgan fingerprint density at radius 1 is 1.26 bits per heavy atom. The molecule has 0 N–H and O–H groups in total. The number of aromatic nitrogens is 1. The maximum absolute atomic E-state index is 6.20.